The Hall–Kier alpha value is -3.07. The smallest absolute Gasteiger partial charge is 0.242 e. The second-order valence-electron chi connectivity index (χ2n) is 8.84. The third kappa shape index (κ3) is 8.55. The molecule has 1 N–H and O–H groups in total. The van der Waals surface area contributed by atoms with E-state index in [0.29, 0.717) is 18.0 Å². The van der Waals surface area contributed by atoms with Crippen molar-refractivity contribution in [3.8, 4) is 5.75 Å². The van der Waals surface area contributed by atoms with Gasteiger partial charge in [-0.15, -0.1) is 0 Å². The third-order valence-electron chi connectivity index (χ3n) is 5.95. The number of carbonyl (C=O) groups excluding carboxylic acids is 2. The number of amides is 2. The fourth-order valence-corrected chi connectivity index (χ4v) is 4.72. The molecule has 2 aromatic carbocycles. The van der Waals surface area contributed by atoms with Crippen molar-refractivity contribution in [1.29, 1.82) is 0 Å². The van der Waals surface area contributed by atoms with Crippen molar-refractivity contribution in [2.24, 2.45) is 0 Å². The van der Waals surface area contributed by atoms with Crippen molar-refractivity contribution in [3.05, 3.63) is 60.2 Å². The van der Waals surface area contributed by atoms with Crippen LogP contribution in [-0.2, 0) is 26.2 Å². The molecular formula is C27H39N3O5S. The van der Waals surface area contributed by atoms with Gasteiger partial charge in [0.2, 0.25) is 21.8 Å². The van der Waals surface area contributed by atoms with Gasteiger partial charge in [-0.2, -0.15) is 0 Å². The Kier molecular flexibility index (Phi) is 11.2. The van der Waals surface area contributed by atoms with Gasteiger partial charge in [-0.3, -0.25) is 13.9 Å². The zero-order valence-electron chi connectivity index (χ0n) is 21.9. The summed E-state index contributed by atoms with van der Waals surface area (Å²) >= 11 is 0. The highest BCUT2D eigenvalue weighted by atomic mass is 32.2. The van der Waals surface area contributed by atoms with Gasteiger partial charge in [-0.05, 0) is 51.3 Å². The van der Waals surface area contributed by atoms with Crippen LogP contribution in [0.15, 0.2) is 54.6 Å². The van der Waals surface area contributed by atoms with Gasteiger partial charge in [0.15, 0.2) is 0 Å². The molecule has 2 atom stereocenters. The van der Waals surface area contributed by atoms with E-state index in [1.165, 1.54) is 4.31 Å². The van der Waals surface area contributed by atoms with Crippen LogP contribution in [0, 0.1) is 0 Å². The van der Waals surface area contributed by atoms with Crippen molar-refractivity contribution in [3.63, 3.8) is 0 Å². The highest BCUT2D eigenvalue weighted by Crippen LogP contribution is 2.30. The van der Waals surface area contributed by atoms with Gasteiger partial charge in [0.1, 0.15) is 11.8 Å². The van der Waals surface area contributed by atoms with Crippen LogP contribution < -0.4 is 14.4 Å². The van der Waals surface area contributed by atoms with Crippen molar-refractivity contribution in [1.82, 2.24) is 10.2 Å². The molecule has 0 aliphatic rings. The molecule has 2 amide bonds. The Labute approximate surface area is 215 Å². The number of sulfonamides is 1. The van der Waals surface area contributed by atoms with Gasteiger partial charge in [-0.25, -0.2) is 8.42 Å². The van der Waals surface area contributed by atoms with E-state index in [-0.39, 0.29) is 43.8 Å². The number of nitrogens with zero attached hydrogens (tertiary/aromatic N) is 2. The van der Waals surface area contributed by atoms with Crippen LogP contribution >= 0.6 is 0 Å². The van der Waals surface area contributed by atoms with Gasteiger partial charge in [0.25, 0.3) is 0 Å². The van der Waals surface area contributed by atoms with E-state index < -0.39 is 16.1 Å². The molecule has 2 aromatic rings. The molecule has 0 aliphatic heterocycles. The molecule has 9 heteroatoms. The number of benzene rings is 2. The van der Waals surface area contributed by atoms with Crippen molar-refractivity contribution < 1.29 is 22.7 Å². The maximum absolute atomic E-state index is 13.3. The SMILES string of the molecule is CCOc1ccccc1N(CCCC(=O)N(Cc1ccccc1)C(C)C(=O)NC(C)CC)S(C)(=O)=O. The number of para-hydroxylation sites is 2. The molecule has 0 aliphatic carbocycles. The summed E-state index contributed by atoms with van der Waals surface area (Å²) in [4.78, 5) is 27.7. The van der Waals surface area contributed by atoms with Crippen LogP contribution in [0.2, 0.25) is 0 Å². The van der Waals surface area contributed by atoms with E-state index in [9.17, 15) is 18.0 Å². The van der Waals surface area contributed by atoms with Gasteiger partial charge in [-0.1, -0.05) is 49.4 Å². The Morgan fingerprint density at radius 1 is 1.00 bits per heavy atom. The lowest BCUT2D eigenvalue weighted by molar-refractivity contribution is -0.140. The van der Waals surface area contributed by atoms with E-state index in [4.69, 9.17) is 4.74 Å². The molecule has 0 fully saturated rings. The van der Waals surface area contributed by atoms with Crippen LogP contribution in [0.1, 0.15) is 52.5 Å². The van der Waals surface area contributed by atoms with Crippen molar-refractivity contribution >= 4 is 27.5 Å². The Balaban J connectivity index is 2.18. The molecule has 8 nitrogen and oxygen atoms in total. The molecule has 0 radical (unpaired) electrons. The van der Waals surface area contributed by atoms with E-state index in [1.807, 2.05) is 51.1 Å². The van der Waals surface area contributed by atoms with Crippen LogP contribution in [0.25, 0.3) is 0 Å². The lowest BCUT2D eigenvalue weighted by atomic mass is 10.1. The molecule has 2 unspecified atom stereocenters. The fourth-order valence-electron chi connectivity index (χ4n) is 3.75. The quantitative estimate of drug-likeness (QED) is 0.409. The normalized spacial score (nSPS) is 12.9. The molecule has 0 saturated carbocycles. The van der Waals surface area contributed by atoms with Gasteiger partial charge in [0.05, 0.1) is 18.6 Å². The Morgan fingerprint density at radius 2 is 1.64 bits per heavy atom. The highest BCUT2D eigenvalue weighted by Gasteiger charge is 2.27. The summed E-state index contributed by atoms with van der Waals surface area (Å²) < 4.78 is 32.1. The highest BCUT2D eigenvalue weighted by molar-refractivity contribution is 7.92. The minimum absolute atomic E-state index is 0.00218. The minimum Gasteiger partial charge on any atom is -0.492 e. The second-order valence-corrected chi connectivity index (χ2v) is 10.7. The molecule has 2 rings (SSSR count). The zero-order chi connectivity index (χ0) is 26.7. The standard InChI is InChI=1S/C27H39N3O5S/c1-6-21(3)28-27(32)22(4)29(20-23-14-9-8-10-15-23)26(31)18-13-19-30(36(5,33)34)24-16-11-12-17-25(24)35-7-2/h8-12,14-17,21-22H,6-7,13,18-20H2,1-5H3,(H,28,32). The largest absolute Gasteiger partial charge is 0.492 e. The summed E-state index contributed by atoms with van der Waals surface area (Å²) in [5.74, 6) is 0.0482. The summed E-state index contributed by atoms with van der Waals surface area (Å²) in [5, 5.41) is 2.95. The number of rotatable bonds is 14. The molecule has 0 aromatic heterocycles. The lowest BCUT2D eigenvalue weighted by Gasteiger charge is -2.30. The molecular weight excluding hydrogens is 478 g/mol. The summed E-state index contributed by atoms with van der Waals surface area (Å²) in [7, 11) is -3.61. The van der Waals surface area contributed by atoms with Crippen LogP contribution in [0.3, 0.4) is 0 Å². The first kappa shape index (κ1) is 29.2. The summed E-state index contributed by atoms with van der Waals surface area (Å²) in [6.45, 7) is 8.27. The average Bonchev–Trinajstić information content (AvgIpc) is 2.85. The van der Waals surface area contributed by atoms with E-state index in [2.05, 4.69) is 5.32 Å². The summed E-state index contributed by atoms with van der Waals surface area (Å²) in [5.41, 5.74) is 1.36. The van der Waals surface area contributed by atoms with Crippen molar-refractivity contribution in [2.75, 3.05) is 23.7 Å². The predicted molar refractivity (Wildman–Crippen MR) is 143 cm³/mol. The first-order valence-electron chi connectivity index (χ1n) is 12.4. The monoisotopic (exact) mass is 517 g/mol. The molecule has 0 spiro atoms. The van der Waals surface area contributed by atoms with Gasteiger partial charge >= 0.3 is 0 Å². The Morgan fingerprint density at radius 3 is 2.25 bits per heavy atom. The molecule has 198 valence electrons. The van der Waals surface area contributed by atoms with Crippen LogP contribution in [0.5, 0.6) is 5.75 Å². The van der Waals surface area contributed by atoms with Gasteiger partial charge in [0, 0.05) is 25.6 Å². The average molecular weight is 518 g/mol. The van der Waals surface area contributed by atoms with Gasteiger partial charge < -0.3 is 15.0 Å². The molecule has 0 heterocycles. The number of anilines is 1. The topological polar surface area (TPSA) is 96.0 Å². The number of ether oxygens (including phenoxy) is 1. The maximum atomic E-state index is 13.3. The van der Waals surface area contributed by atoms with Crippen LogP contribution in [-0.4, -0.2) is 56.6 Å². The van der Waals surface area contributed by atoms with E-state index >= 15 is 0 Å². The predicted octanol–water partition coefficient (Wildman–Crippen LogP) is 3.96. The fraction of sp³-hybridized carbons (Fsp3) is 0.481. The minimum atomic E-state index is -3.61. The molecule has 36 heavy (non-hydrogen) atoms. The number of carbonyl (C=O) groups is 2. The van der Waals surface area contributed by atoms with Crippen molar-refractivity contribution in [2.45, 2.75) is 65.6 Å². The number of hydrogen-bond donors (Lipinski definition) is 1. The summed E-state index contributed by atoms with van der Waals surface area (Å²) in [6, 6.07) is 15.8. The molecule has 0 saturated heterocycles. The van der Waals surface area contributed by atoms with E-state index in [0.717, 1.165) is 18.2 Å². The van der Waals surface area contributed by atoms with Crippen LogP contribution in [0.4, 0.5) is 5.69 Å². The maximum Gasteiger partial charge on any atom is 0.242 e. The molecule has 0 bridgehead atoms. The number of hydrogen-bond acceptors (Lipinski definition) is 5. The third-order valence-corrected chi connectivity index (χ3v) is 7.13. The second kappa shape index (κ2) is 13.9. The number of nitrogens with one attached hydrogen (secondary N) is 1. The van der Waals surface area contributed by atoms with E-state index in [1.54, 1.807) is 36.1 Å². The Bertz CT molecular complexity index is 1090. The summed E-state index contributed by atoms with van der Waals surface area (Å²) in [6.07, 6.45) is 2.31. The zero-order valence-corrected chi connectivity index (χ0v) is 22.8. The first-order valence-corrected chi connectivity index (χ1v) is 14.3. The first-order chi connectivity index (χ1) is 17.1. The lowest BCUT2D eigenvalue weighted by Crippen LogP contribution is -2.49.